The lowest BCUT2D eigenvalue weighted by molar-refractivity contribution is -0.130. The molecule has 0 saturated carbocycles. The van der Waals surface area contributed by atoms with Gasteiger partial charge < -0.3 is 15.5 Å². The molecule has 106 valence electrons. The molecule has 2 N–H and O–H groups in total. The summed E-state index contributed by atoms with van der Waals surface area (Å²) in [6.45, 7) is 2.43. The van der Waals surface area contributed by atoms with E-state index in [0.29, 0.717) is 38.2 Å². The Morgan fingerprint density at radius 3 is 2.70 bits per heavy atom. The van der Waals surface area contributed by atoms with Crippen molar-refractivity contribution in [3.05, 3.63) is 35.4 Å². The predicted molar refractivity (Wildman–Crippen MR) is 75.0 cm³/mol. The third kappa shape index (κ3) is 2.29. The van der Waals surface area contributed by atoms with Gasteiger partial charge in [-0.1, -0.05) is 12.1 Å². The lowest BCUT2D eigenvalue weighted by Crippen LogP contribution is -2.53. The molecule has 3 rings (SSSR count). The molecule has 0 radical (unpaired) electrons. The van der Waals surface area contributed by atoms with E-state index in [-0.39, 0.29) is 17.9 Å². The van der Waals surface area contributed by atoms with Crippen LogP contribution in [0.25, 0.3) is 0 Å². The van der Waals surface area contributed by atoms with Crippen LogP contribution in [0.1, 0.15) is 28.8 Å². The molecule has 0 bridgehead atoms. The number of amides is 2. The summed E-state index contributed by atoms with van der Waals surface area (Å²) in [5, 5.41) is 0. The van der Waals surface area contributed by atoms with Gasteiger partial charge in [0.15, 0.2) is 0 Å². The number of hydrogen-bond donors (Lipinski definition) is 1. The number of carbonyl (C=O) groups excluding carboxylic acids is 2. The average Bonchev–Trinajstić information content (AvgIpc) is 2.87. The first kappa shape index (κ1) is 13.1. The summed E-state index contributed by atoms with van der Waals surface area (Å²) in [7, 11) is 0. The Labute approximate surface area is 118 Å². The summed E-state index contributed by atoms with van der Waals surface area (Å²) in [4.78, 5) is 27.9. The van der Waals surface area contributed by atoms with Crippen molar-refractivity contribution in [1.82, 2.24) is 9.80 Å². The topological polar surface area (TPSA) is 66.6 Å². The third-order valence-electron chi connectivity index (χ3n) is 4.22. The van der Waals surface area contributed by atoms with Crippen LogP contribution < -0.4 is 5.73 Å². The molecule has 0 aliphatic carbocycles. The fourth-order valence-corrected chi connectivity index (χ4v) is 3.01. The predicted octanol–water partition coefficient (Wildman–Crippen LogP) is 0.592. The van der Waals surface area contributed by atoms with Gasteiger partial charge in [0, 0.05) is 44.2 Å². The second-order valence-electron chi connectivity index (χ2n) is 5.43. The van der Waals surface area contributed by atoms with Crippen molar-refractivity contribution >= 4 is 11.8 Å². The third-order valence-corrected chi connectivity index (χ3v) is 4.22. The Kier molecular flexibility index (Phi) is 3.44. The van der Waals surface area contributed by atoms with Gasteiger partial charge in [-0.3, -0.25) is 9.59 Å². The van der Waals surface area contributed by atoms with Crippen LogP contribution >= 0.6 is 0 Å². The number of nitrogens with two attached hydrogens (primary N) is 1. The van der Waals surface area contributed by atoms with Crippen LogP contribution in [0.2, 0.25) is 0 Å². The van der Waals surface area contributed by atoms with Crippen LogP contribution in [0.3, 0.4) is 0 Å². The summed E-state index contributed by atoms with van der Waals surface area (Å²) in [5.74, 6) is 0.280. The molecule has 2 aliphatic rings. The number of fused-ring (bicyclic) bond motifs is 1. The molecule has 2 fully saturated rings. The summed E-state index contributed by atoms with van der Waals surface area (Å²) in [6.07, 6.45) is 1.49. The second kappa shape index (κ2) is 5.25. The lowest BCUT2D eigenvalue weighted by atomic mass is 10.1. The molecule has 1 aromatic rings. The molecule has 5 heteroatoms. The lowest BCUT2D eigenvalue weighted by Gasteiger charge is -2.37. The quantitative estimate of drug-likeness (QED) is 0.857. The molecule has 2 amide bonds. The molecule has 1 aromatic carbocycles. The van der Waals surface area contributed by atoms with Crippen molar-refractivity contribution in [1.29, 1.82) is 0 Å². The highest BCUT2D eigenvalue weighted by Crippen LogP contribution is 2.23. The van der Waals surface area contributed by atoms with Gasteiger partial charge in [0.05, 0.1) is 0 Å². The van der Waals surface area contributed by atoms with Gasteiger partial charge in [0.25, 0.3) is 5.91 Å². The molecular formula is C15H19N3O2. The highest BCUT2D eigenvalue weighted by Gasteiger charge is 2.36. The fourth-order valence-electron chi connectivity index (χ4n) is 3.01. The minimum Gasteiger partial charge on any atom is -0.336 e. The molecule has 2 aliphatic heterocycles. The zero-order chi connectivity index (χ0) is 14.1. The average molecular weight is 273 g/mol. The number of hydrogen-bond acceptors (Lipinski definition) is 3. The van der Waals surface area contributed by atoms with E-state index in [1.165, 1.54) is 0 Å². The minimum absolute atomic E-state index is 0.0487. The van der Waals surface area contributed by atoms with Crippen LogP contribution in [-0.2, 0) is 11.3 Å². The van der Waals surface area contributed by atoms with Gasteiger partial charge in [0.2, 0.25) is 5.91 Å². The molecule has 5 nitrogen and oxygen atoms in total. The van der Waals surface area contributed by atoms with Crippen LogP contribution in [0.4, 0.5) is 0 Å². The first-order valence-electron chi connectivity index (χ1n) is 7.07. The van der Waals surface area contributed by atoms with E-state index in [1.807, 2.05) is 34.1 Å². The highest BCUT2D eigenvalue weighted by molar-refractivity contribution is 5.94. The fraction of sp³-hybridized carbons (Fsp3) is 0.467. The van der Waals surface area contributed by atoms with E-state index >= 15 is 0 Å². The van der Waals surface area contributed by atoms with Crippen molar-refractivity contribution in [2.24, 2.45) is 5.73 Å². The zero-order valence-corrected chi connectivity index (χ0v) is 11.4. The van der Waals surface area contributed by atoms with Gasteiger partial charge in [-0.25, -0.2) is 0 Å². The zero-order valence-electron chi connectivity index (χ0n) is 11.4. The van der Waals surface area contributed by atoms with E-state index in [0.717, 1.165) is 12.0 Å². The Morgan fingerprint density at radius 1 is 1.25 bits per heavy atom. The molecule has 2 heterocycles. The van der Waals surface area contributed by atoms with Crippen molar-refractivity contribution in [2.75, 3.05) is 19.6 Å². The van der Waals surface area contributed by atoms with Crippen LogP contribution in [0.15, 0.2) is 24.3 Å². The smallest absolute Gasteiger partial charge is 0.253 e. The van der Waals surface area contributed by atoms with Gasteiger partial charge in [-0.05, 0) is 24.1 Å². The van der Waals surface area contributed by atoms with Gasteiger partial charge in [0.1, 0.15) is 0 Å². The van der Waals surface area contributed by atoms with E-state index in [1.54, 1.807) is 0 Å². The van der Waals surface area contributed by atoms with Crippen LogP contribution in [-0.4, -0.2) is 47.3 Å². The van der Waals surface area contributed by atoms with Crippen LogP contribution in [0, 0.1) is 0 Å². The largest absolute Gasteiger partial charge is 0.336 e. The van der Waals surface area contributed by atoms with Crippen molar-refractivity contribution < 1.29 is 9.59 Å². The Balaban J connectivity index is 1.70. The summed E-state index contributed by atoms with van der Waals surface area (Å²) in [6, 6.07) is 7.65. The van der Waals surface area contributed by atoms with E-state index in [2.05, 4.69) is 0 Å². The first-order valence-corrected chi connectivity index (χ1v) is 7.07. The summed E-state index contributed by atoms with van der Waals surface area (Å²) in [5.41, 5.74) is 7.27. The molecule has 2 saturated heterocycles. The van der Waals surface area contributed by atoms with Crippen molar-refractivity contribution in [2.45, 2.75) is 25.4 Å². The Morgan fingerprint density at radius 2 is 2.00 bits per heavy atom. The summed E-state index contributed by atoms with van der Waals surface area (Å²) < 4.78 is 0. The minimum atomic E-state index is 0.0487. The maximum absolute atomic E-state index is 12.5. The molecular weight excluding hydrogens is 254 g/mol. The number of rotatable bonds is 2. The van der Waals surface area contributed by atoms with E-state index in [4.69, 9.17) is 5.73 Å². The van der Waals surface area contributed by atoms with Gasteiger partial charge in [-0.2, -0.15) is 0 Å². The maximum atomic E-state index is 12.5. The van der Waals surface area contributed by atoms with Gasteiger partial charge in [-0.15, -0.1) is 0 Å². The van der Waals surface area contributed by atoms with Gasteiger partial charge >= 0.3 is 0 Å². The number of piperazine rings is 1. The maximum Gasteiger partial charge on any atom is 0.253 e. The monoisotopic (exact) mass is 273 g/mol. The van der Waals surface area contributed by atoms with E-state index < -0.39 is 0 Å². The highest BCUT2D eigenvalue weighted by atomic mass is 16.2. The Hall–Kier alpha value is -1.88. The number of benzene rings is 1. The molecule has 1 unspecified atom stereocenters. The molecule has 1 atom stereocenters. The standard InChI is InChI=1S/C15H19N3O2/c16-9-11-1-3-12(4-2-11)15(20)17-7-8-18-13(10-17)5-6-14(18)19/h1-4,13H,5-10,16H2. The molecule has 20 heavy (non-hydrogen) atoms. The van der Waals surface area contributed by atoms with Crippen molar-refractivity contribution in [3.63, 3.8) is 0 Å². The SMILES string of the molecule is NCc1ccc(C(=O)N2CCN3C(=O)CCC3C2)cc1. The van der Waals surface area contributed by atoms with Crippen molar-refractivity contribution in [3.8, 4) is 0 Å². The molecule has 0 spiro atoms. The number of carbonyl (C=O) groups is 2. The second-order valence-corrected chi connectivity index (χ2v) is 5.43. The van der Waals surface area contributed by atoms with Crippen LogP contribution in [0.5, 0.6) is 0 Å². The molecule has 0 aromatic heterocycles. The first-order chi connectivity index (χ1) is 9.69. The Bertz CT molecular complexity index is 526. The summed E-state index contributed by atoms with van der Waals surface area (Å²) >= 11 is 0. The normalized spacial score (nSPS) is 22.1. The number of nitrogens with zero attached hydrogens (tertiary/aromatic N) is 2. The van der Waals surface area contributed by atoms with E-state index in [9.17, 15) is 9.59 Å².